The summed E-state index contributed by atoms with van der Waals surface area (Å²) in [5, 5.41) is 14.4. The molecule has 0 aromatic heterocycles. The average molecular weight is 536 g/mol. The Morgan fingerprint density at radius 3 is 2.68 bits per heavy atom. The lowest BCUT2D eigenvalue weighted by Gasteiger charge is -2.49. The molecule has 6 rings (SSSR count). The van der Waals surface area contributed by atoms with Crippen molar-refractivity contribution >= 4 is 58.0 Å². The van der Waals surface area contributed by atoms with Gasteiger partial charge in [0, 0.05) is 28.8 Å². The van der Waals surface area contributed by atoms with Crippen LogP contribution in [0.15, 0.2) is 70.3 Å². The third-order valence-corrected chi connectivity index (χ3v) is 9.40. The Morgan fingerprint density at radius 2 is 1.92 bits per heavy atom. The highest BCUT2D eigenvalue weighted by Crippen LogP contribution is 2.42. The van der Waals surface area contributed by atoms with Crippen molar-refractivity contribution in [2.24, 2.45) is 0 Å². The Labute approximate surface area is 222 Å². The topological polar surface area (TPSA) is 107 Å². The fraction of sp³-hybridized carbons (Fsp3) is 0.333. The van der Waals surface area contributed by atoms with E-state index in [4.69, 9.17) is 0 Å². The number of nitrogens with one attached hydrogen (secondary N) is 1. The van der Waals surface area contributed by atoms with E-state index in [1.165, 1.54) is 28.4 Å². The standard InChI is InChI=1S/C27H25N3O5S2/c31-21(14-36-20-8-5-15-3-1-2-4-16(15)12-20)28-22-25(33)30-23(27(34)35)18(13-37-26(22)30)11-17-9-10-29(24(17)32)19-6-7-19/h1-5,8,11-12,19,22,26H,6-7,9-10,13-14H2,(H,28,31)(H,34,35)/b17-11+/t22-,26-/m1/s1. The summed E-state index contributed by atoms with van der Waals surface area (Å²) < 4.78 is 0. The number of amides is 3. The van der Waals surface area contributed by atoms with Crippen LogP contribution in [0.1, 0.15) is 19.3 Å². The number of allylic oxidation sites excluding steroid dienone is 1. The zero-order chi connectivity index (χ0) is 25.7. The summed E-state index contributed by atoms with van der Waals surface area (Å²) in [6, 6.07) is 13.5. The van der Waals surface area contributed by atoms with Crippen LogP contribution in [-0.4, -0.2) is 74.1 Å². The van der Waals surface area contributed by atoms with Gasteiger partial charge in [0.05, 0.1) is 5.75 Å². The smallest absolute Gasteiger partial charge is 0.352 e. The Bertz CT molecular complexity index is 1400. The summed E-state index contributed by atoms with van der Waals surface area (Å²) in [6.45, 7) is 0.661. The molecule has 0 spiro atoms. The van der Waals surface area contributed by atoms with Crippen LogP contribution in [0.25, 0.3) is 10.8 Å². The normalized spacial score (nSPS) is 24.5. The molecule has 190 valence electrons. The first kappa shape index (κ1) is 24.1. The van der Waals surface area contributed by atoms with E-state index in [0.717, 1.165) is 28.5 Å². The fourth-order valence-corrected chi connectivity index (χ4v) is 7.15. The van der Waals surface area contributed by atoms with Crippen molar-refractivity contribution in [3.8, 4) is 0 Å². The minimum absolute atomic E-state index is 0.0316. The molecule has 8 nitrogen and oxygen atoms in total. The summed E-state index contributed by atoms with van der Waals surface area (Å²) in [5.74, 6) is -1.44. The Hall–Kier alpha value is -3.24. The lowest BCUT2D eigenvalue weighted by Crippen LogP contribution is -2.70. The van der Waals surface area contributed by atoms with E-state index in [2.05, 4.69) is 5.32 Å². The van der Waals surface area contributed by atoms with Crippen LogP contribution in [0.5, 0.6) is 0 Å². The quantitative estimate of drug-likeness (QED) is 0.319. The van der Waals surface area contributed by atoms with Crippen molar-refractivity contribution in [2.45, 2.75) is 41.6 Å². The maximum Gasteiger partial charge on any atom is 0.352 e. The van der Waals surface area contributed by atoms with E-state index < -0.39 is 23.3 Å². The molecular formula is C27H25N3O5S2. The molecule has 1 aliphatic carbocycles. The van der Waals surface area contributed by atoms with Crippen LogP contribution in [0.2, 0.25) is 0 Å². The van der Waals surface area contributed by atoms with Gasteiger partial charge in [-0.2, -0.15) is 0 Å². The SMILES string of the molecule is O=C(CSc1ccc2ccccc2c1)N[C@@H]1C(=O)N2C(C(=O)O)=C(/C=C3\CCN(C4CC4)C3=O)CS[C@H]12. The molecule has 2 N–H and O–H groups in total. The zero-order valence-corrected chi connectivity index (χ0v) is 21.5. The number of benzene rings is 2. The van der Waals surface area contributed by atoms with Gasteiger partial charge in [0.25, 0.3) is 5.91 Å². The van der Waals surface area contributed by atoms with Gasteiger partial charge in [0.2, 0.25) is 11.8 Å². The molecule has 0 radical (unpaired) electrons. The van der Waals surface area contributed by atoms with Crippen LogP contribution in [0.4, 0.5) is 0 Å². The number of thioether (sulfide) groups is 2. The van der Waals surface area contributed by atoms with Crippen molar-refractivity contribution < 1.29 is 24.3 Å². The molecule has 3 aliphatic heterocycles. The Morgan fingerprint density at radius 1 is 1.14 bits per heavy atom. The van der Waals surface area contributed by atoms with Crippen molar-refractivity contribution in [3.05, 3.63) is 65.4 Å². The molecule has 2 saturated heterocycles. The second-order valence-electron chi connectivity index (χ2n) is 9.58. The summed E-state index contributed by atoms with van der Waals surface area (Å²) in [7, 11) is 0. The van der Waals surface area contributed by atoms with Gasteiger partial charge >= 0.3 is 5.97 Å². The lowest BCUT2D eigenvalue weighted by molar-refractivity contribution is -0.150. The van der Waals surface area contributed by atoms with E-state index in [1.54, 1.807) is 6.08 Å². The third kappa shape index (κ3) is 4.53. The zero-order valence-electron chi connectivity index (χ0n) is 19.9. The number of carboxylic acids is 1. The third-order valence-electron chi connectivity index (χ3n) is 7.10. The highest BCUT2D eigenvalue weighted by Gasteiger charge is 2.54. The Balaban J connectivity index is 1.11. The number of nitrogens with zero attached hydrogens (tertiary/aromatic N) is 2. The maximum absolute atomic E-state index is 13.0. The number of rotatable bonds is 7. The number of carbonyl (C=O) groups excluding carboxylic acids is 3. The molecular weight excluding hydrogens is 510 g/mol. The number of carboxylic acid groups (broad SMARTS) is 1. The molecule has 3 heterocycles. The maximum atomic E-state index is 13.0. The first-order chi connectivity index (χ1) is 17.9. The molecule has 0 bridgehead atoms. The van der Waals surface area contributed by atoms with Gasteiger partial charge in [0.1, 0.15) is 17.1 Å². The summed E-state index contributed by atoms with van der Waals surface area (Å²) >= 11 is 2.80. The van der Waals surface area contributed by atoms with E-state index in [1.807, 2.05) is 47.4 Å². The molecule has 3 fully saturated rings. The lowest BCUT2D eigenvalue weighted by atomic mass is 10.0. The van der Waals surface area contributed by atoms with Crippen molar-refractivity contribution in [3.63, 3.8) is 0 Å². The van der Waals surface area contributed by atoms with Crippen molar-refractivity contribution in [2.75, 3.05) is 18.1 Å². The second kappa shape index (κ2) is 9.57. The summed E-state index contributed by atoms with van der Waals surface area (Å²) in [5.41, 5.74) is 0.984. The molecule has 3 amide bonds. The van der Waals surface area contributed by atoms with Gasteiger partial charge in [-0.15, -0.1) is 23.5 Å². The molecule has 37 heavy (non-hydrogen) atoms. The van der Waals surface area contributed by atoms with E-state index >= 15 is 0 Å². The number of likely N-dealkylation sites (tertiary alicyclic amines) is 1. The fourth-order valence-electron chi connectivity index (χ4n) is 5.09. The van der Waals surface area contributed by atoms with Crippen molar-refractivity contribution in [1.82, 2.24) is 15.1 Å². The van der Waals surface area contributed by atoms with Crippen LogP contribution in [0.3, 0.4) is 0 Å². The molecule has 4 aliphatic rings. The van der Waals surface area contributed by atoms with Crippen LogP contribution in [0, 0.1) is 0 Å². The number of carbonyl (C=O) groups is 4. The molecule has 2 aromatic rings. The Kier molecular flexibility index (Phi) is 6.24. The first-order valence-corrected chi connectivity index (χ1v) is 14.3. The van der Waals surface area contributed by atoms with E-state index in [9.17, 15) is 24.3 Å². The number of β-lactam (4-membered cyclic amide) rings is 1. The molecule has 1 saturated carbocycles. The molecule has 2 atom stereocenters. The number of hydrogen-bond donors (Lipinski definition) is 2. The second-order valence-corrected chi connectivity index (χ2v) is 11.7. The molecule has 2 aromatic carbocycles. The van der Waals surface area contributed by atoms with Crippen molar-refractivity contribution in [1.29, 1.82) is 0 Å². The largest absolute Gasteiger partial charge is 0.477 e. The minimum Gasteiger partial charge on any atom is -0.477 e. The number of aliphatic carboxylic acids is 1. The molecule has 10 heteroatoms. The minimum atomic E-state index is -1.20. The van der Waals surface area contributed by atoms with Gasteiger partial charge in [-0.05, 0) is 53.8 Å². The average Bonchev–Trinajstić information content (AvgIpc) is 3.68. The van der Waals surface area contributed by atoms with Gasteiger partial charge < -0.3 is 15.3 Å². The van der Waals surface area contributed by atoms with E-state index in [-0.39, 0.29) is 23.3 Å². The highest BCUT2D eigenvalue weighted by atomic mass is 32.2. The van der Waals surface area contributed by atoms with Crippen LogP contribution >= 0.6 is 23.5 Å². The van der Waals surface area contributed by atoms with Crippen LogP contribution in [-0.2, 0) is 19.2 Å². The van der Waals surface area contributed by atoms with Gasteiger partial charge in [0.15, 0.2) is 0 Å². The predicted octanol–water partition coefficient (Wildman–Crippen LogP) is 2.99. The summed E-state index contributed by atoms with van der Waals surface area (Å²) in [4.78, 5) is 54.5. The summed E-state index contributed by atoms with van der Waals surface area (Å²) in [6.07, 6.45) is 4.30. The predicted molar refractivity (Wildman–Crippen MR) is 142 cm³/mol. The van der Waals surface area contributed by atoms with E-state index in [0.29, 0.717) is 35.9 Å². The van der Waals surface area contributed by atoms with Gasteiger partial charge in [-0.25, -0.2) is 4.79 Å². The molecule has 0 unspecified atom stereocenters. The monoisotopic (exact) mass is 535 g/mol. The number of hydrogen-bond acceptors (Lipinski definition) is 6. The van der Waals surface area contributed by atoms with Gasteiger partial charge in [-0.3, -0.25) is 19.3 Å². The van der Waals surface area contributed by atoms with Crippen LogP contribution < -0.4 is 5.32 Å². The highest BCUT2D eigenvalue weighted by molar-refractivity contribution is 8.00. The first-order valence-electron chi connectivity index (χ1n) is 12.2. The number of fused-ring (bicyclic) bond motifs is 2. The van der Waals surface area contributed by atoms with Gasteiger partial charge in [-0.1, -0.05) is 30.3 Å².